The molecule has 1 amide bonds. The van der Waals surface area contributed by atoms with E-state index in [1.54, 1.807) is 12.1 Å². The van der Waals surface area contributed by atoms with Crippen molar-refractivity contribution in [1.29, 1.82) is 0 Å². The van der Waals surface area contributed by atoms with Gasteiger partial charge in [0.15, 0.2) is 0 Å². The number of amides is 1. The van der Waals surface area contributed by atoms with E-state index in [1.165, 1.54) is 27.7 Å². The number of sulfonamides is 1. The second-order valence-corrected chi connectivity index (χ2v) is 10.7. The number of hydrogen-bond acceptors (Lipinski definition) is 4. The third-order valence-corrected chi connectivity index (χ3v) is 8.31. The van der Waals surface area contributed by atoms with Gasteiger partial charge in [-0.1, -0.05) is 29.3 Å². The van der Waals surface area contributed by atoms with Gasteiger partial charge in [-0.2, -0.15) is 4.31 Å². The first-order chi connectivity index (χ1) is 14.8. The molecule has 2 saturated heterocycles. The second-order valence-electron chi connectivity index (χ2n) is 8.30. The van der Waals surface area contributed by atoms with E-state index in [1.807, 2.05) is 4.90 Å². The molecule has 0 spiro atoms. The minimum Gasteiger partial charge on any atom is -0.368 e. The van der Waals surface area contributed by atoms with Crippen LogP contribution in [0.25, 0.3) is 0 Å². The smallest absolute Gasteiger partial charge is 0.243 e. The summed E-state index contributed by atoms with van der Waals surface area (Å²) >= 11 is 5.89. The molecule has 0 bridgehead atoms. The molecular weight excluding hydrogens is 434 g/mol. The number of anilines is 1. The Morgan fingerprint density at radius 3 is 2.23 bits per heavy atom. The van der Waals surface area contributed by atoms with Crippen LogP contribution >= 0.6 is 11.6 Å². The van der Waals surface area contributed by atoms with Crippen LogP contribution < -0.4 is 4.90 Å². The van der Waals surface area contributed by atoms with Gasteiger partial charge in [-0.15, -0.1) is 0 Å². The lowest BCUT2D eigenvalue weighted by atomic mass is 9.97. The Labute approximate surface area is 189 Å². The van der Waals surface area contributed by atoms with E-state index in [2.05, 4.69) is 36.1 Å². The third kappa shape index (κ3) is 4.89. The van der Waals surface area contributed by atoms with Gasteiger partial charge >= 0.3 is 0 Å². The molecule has 8 heteroatoms. The molecule has 2 aliphatic heterocycles. The number of rotatable bonds is 4. The molecule has 0 unspecified atom stereocenters. The van der Waals surface area contributed by atoms with Gasteiger partial charge in [0.1, 0.15) is 0 Å². The lowest BCUT2D eigenvalue weighted by Gasteiger charge is -2.39. The Bertz CT molecular complexity index is 1020. The average molecular weight is 462 g/mol. The van der Waals surface area contributed by atoms with Crippen LogP contribution in [0.1, 0.15) is 18.4 Å². The molecule has 1 atom stereocenters. The van der Waals surface area contributed by atoms with Gasteiger partial charge in [0, 0.05) is 50.0 Å². The Hall–Kier alpha value is -2.09. The van der Waals surface area contributed by atoms with Crippen molar-refractivity contribution in [2.24, 2.45) is 5.92 Å². The summed E-state index contributed by atoms with van der Waals surface area (Å²) < 4.78 is 27.5. The maximum Gasteiger partial charge on any atom is 0.243 e. The van der Waals surface area contributed by atoms with Crippen LogP contribution in [0.3, 0.4) is 0 Å². The fourth-order valence-electron chi connectivity index (χ4n) is 4.32. The fraction of sp³-hybridized carbons (Fsp3) is 0.435. The van der Waals surface area contributed by atoms with E-state index in [9.17, 15) is 13.2 Å². The number of piperidine rings is 1. The van der Waals surface area contributed by atoms with Crippen LogP contribution in [0.15, 0.2) is 53.4 Å². The van der Waals surface area contributed by atoms with Crippen molar-refractivity contribution < 1.29 is 13.2 Å². The monoisotopic (exact) mass is 461 g/mol. The van der Waals surface area contributed by atoms with Gasteiger partial charge < -0.3 is 9.80 Å². The summed E-state index contributed by atoms with van der Waals surface area (Å²) in [6, 6.07) is 14.6. The van der Waals surface area contributed by atoms with Gasteiger partial charge in [-0.25, -0.2) is 8.42 Å². The molecule has 0 aliphatic carbocycles. The van der Waals surface area contributed by atoms with E-state index in [-0.39, 0.29) is 23.3 Å². The molecule has 4 rings (SSSR count). The van der Waals surface area contributed by atoms with E-state index in [0.29, 0.717) is 31.1 Å². The Morgan fingerprint density at radius 2 is 1.58 bits per heavy atom. The lowest BCUT2D eigenvalue weighted by molar-refractivity contribution is -0.137. The summed E-state index contributed by atoms with van der Waals surface area (Å²) in [7, 11) is -3.63. The normalized spacial score (nSPS) is 20.6. The zero-order valence-corrected chi connectivity index (χ0v) is 19.3. The van der Waals surface area contributed by atoms with E-state index < -0.39 is 10.0 Å². The number of carbonyl (C=O) groups is 1. The summed E-state index contributed by atoms with van der Waals surface area (Å²) in [5, 5.41) is 0.496. The number of halogens is 1. The minimum absolute atomic E-state index is 0.0690. The molecule has 0 N–H and O–H groups in total. The van der Waals surface area contributed by atoms with Gasteiger partial charge in [0.25, 0.3) is 0 Å². The highest BCUT2D eigenvalue weighted by molar-refractivity contribution is 7.89. The van der Waals surface area contributed by atoms with E-state index in [0.717, 1.165) is 19.5 Å². The number of piperazine rings is 1. The maximum atomic E-state index is 13.2. The first-order valence-corrected chi connectivity index (χ1v) is 12.5. The summed E-state index contributed by atoms with van der Waals surface area (Å²) in [4.78, 5) is 17.6. The first kappa shape index (κ1) is 22.1. The third-order valence-electron chi connectivity index (χ3n) is 6.18. The zero-order chi connectivity index (χ0) is 22.0. The van der Waals surface area contributed by atoms with Crippen molar-refractivity contribution >= 4 is 33.2 Å². The second kappa shape index (κ2) is 9.18. The van der Waals surface area contributed by atoms with Crippen LogP contribution in [0, 0.1) is 12.8 Å². The summed E-state index contributed by atoms with van der Waals surface area (Å²) in [5.74, 6) is -0.221. The van der Waals surface area contributed by atoms with Crippen LogP contribution in [0.4, 0.5) is 5.69 Å². The predicted octanol–water partition coefficient (Wildman–Crippen LogP) is 3.40. The topological polar surface area (TPSA) is 60.9 Å². The molecule has 2 aromatic carbocycles. The van der Waals surface area contributed by atoms with Crippen LogP contribution in [-0.4, -0.2) is 62.8 Å². The average Bonchev–Trinajstić information content (AvgIpc) is 2.80. The van der Waals surface area contributed by atoms with Crippen molar-refractivity contribution in [2.75, 3.05) is 44.2 Å². The van der Waals surface area contributed by atoms with Crippen molar-refractivity contribution in [3.05, 3.63) is 59.1 Å². The van der Waals surface area contributed by atoms with Crippen LogP contribution in [-0.2, 0) is 14.8 Å². The Morgan fingerprint density at radius 1 is 0.935 bits per heavy atom. The standard InChI is InChI=1S/C23H28ClN3O3S/c1-18-4-8-21(9-5-18)25-13-15-26(16-14-25)23(28)19-3-2-12-27(17-19)31(29,30)22-10-6-20(24)7-11-22/h4-11,19H,2-3,12-17H2,1H3/t19-/m0/s1. The number of hydrogen-bond donors (Lipinski definition) is 0. The minimum atomic E-state index is -3.63. The maximum absolute atomic E-state index is 13.2. The molecule has 0 aromatic heterocycles. The van der Waals surface area contributed by atoms with Gasteiger partial charge in [-0.05, 0) is 56.2 Å². The highest BCUT2D eigenvalue weighted by Crippen LogP contribution is 2.26. The summed E-state index contributed by atoms with van der Waals surface area (Å²) in [6.45, 7) is 5.64. The molecule has 0 radical (unpaired) electrons. The number of carbonyl (C=O) groups excluding carboxylic acids is 1. The fourth-order valence-corrected chi connectivity index (χ4v) is 5.97. The summed E-state index contributed by atoms with van der Waals surface area (Å²) in [6.07, 6.45) is 1.41. The molecule has 2 aliphatic rings. The van der Waals surface area contributed by atoms with Gasteiger partial charge in [0.2, 0.25) is 15.9 Å². The van der Waals surface area contributed by atoms with Gasteiger partial charge in [-0.3, -0.25) is 4.79 Å². The molecule has 2 aromatic rings. The molecule has 2 heterocycles. The first-order valence-electron chi connectivity index (χ1n) is 10.7. The van der Waals surface area contributed by atoms with Crippen molar-refractivity contribution in [3.63, 3.8) is 0 Å². The van der Waals surface area contributed by atoms with E-state index >= 15 is 0 Å². The Balaban J connectivity index is 1.38. The van der Waals surface area contributed by atoms with Crippen molar-refractivity contribution in [1.82, 2.24) is 9.21 Å². The van der Waals surface area contributed by atoms with Crippen LogP contribution in [0.2, 0.25) is 5.02 Å². The Kier molecular flexibility index (Phi) is 6.55. The molecule has 31 heavy (non-hydrogen) atoms. The predicted molar refractivity (Wildman–Crippen MR) is 123 cm³/mol. The quantitative estimate of drug-likeness (QED) is 0.700. The molecule has 166 valence electrons. The van der Waals surface area contributed by atoms with E-state index in [4.69, 9.17) is 11.6 Å². The number of nitrogens with zero attached hydrogens (tertiary/aromatic N) is 3. The highest BCUT2D eigenvalue weighted by Gasteiger charge is 2.35. The molecular formula is C23H28ClN3O3S. The molecule has 0 saturated carbocycles. The lowest BCUT2D eigenvalue weighted by Crippen LogP contribution is -2.53. The van der Waals surface area contributed by atoms with Gasteiger partial charge in [0.05, 0.1) is 10.8 Å². The highest BCUT2D eigenvalue weighted by atomic mass is 35.5. The summed E-state index contributed by atoms with van der Waals surface area (Å²) in [5.41, 5.74) is 2.41. The SMILES string of the molecule is Cc1ccc(N2CCN(C(=O)[C@H]3CCCN(S(=O)(=O)c4ccc(Cl)cc4)C3)CC2)cc1. The van der Waals surface area contributed by atoms with Crippen molar-refractivity contribution in [3.8, 4) is 0 Å². The largest absolute Gasteiger partial charge is 0.368 e. The number of benzene rings is 2. The molecule has 6 nitrogen and oxygen atoms in total. The zero-order valence-electron chi connectivity index (χ0n) is 17.7. The van der Waals surface area contributed by atoms with Crippen LogP contribution in [0.5, 0.6) is 0 Å². The molecule has 2 fully saturated rings. The number of aryl methyl sites for hydroxylation is 1. The van der Waals surface area contributed by atoms with Crippen molar-refractivity contribution in [2.45, 2.75) is 24.7 Å².